The zero-order valence-electron chi connectivity index (χ0n) is 17.7. The summed E-state index contributed by atoms with van der Waals surface area (Å²) >= 11 is 1.41. The summed E-state index contributed by atoms with van der Waals surface area (Å²) in [6.45, 7) is 5.76. The Morgan fingerprint density at radius 1 is 0.969 bits per heavy atom. The van der Waals surface area contributed by atoms with Gasteiger partial charge in [0.05, 0.1) is 22.5 Å². The van der Waals surface area contributed by atoms with E-state index < -0.39 is 0 Å². The number of hydrogen-bond acceptors (Lipinski definition) is 8. The van der Waals surface area contributed by atoms with E-state index in [0.717, 1.165) is 59.3 Å². The maximum Gasteiger partial charge on any atom is 0.262 e. The number of fused-ring (bicyclic) bond motifs is 1. The minimum atomic E-state index is -0.109. The maximum absolute atomic E-state index is 12.9. The number of anilines is 2. The van der Waals surface area contributed by atoms with Gasteiger partial charge in [0.15, 0.2) is 0 Å². The average molecular weight is 446 g/mol. The molecule has 4 aromatic heterocycles. The van der Waals surface area contributed by atoms with Crippen LogP contribution in [0, 0.1) is 6.92 Å². The van der Waals surface area contributed by atoms with Gasteiger partial charge in [0.1, 0.15) is 22.8 Å². The van der Waals surface area contributed by atoms with Crippen LogP contribution in [0.1, 0.15) is 20.9 Å². The number of rotatable bonds is 5. The Balaban J connectivity index is 1.35. The number of thiophene rings is 1. The van der Waals surface area contributed by atoms with Gasteiger partial charge in [-0.3, -0.25) is 9.78 Å². The lowest BCUT2D eigenvalue weighted by molar-refractivity contribution is 0.0954. The molecule has 0 unspecified atom stereocenters. The molecule has 0 aliphatic carbocycles. The molecule has 1 aliphatic rings. The molecule has 5 heterocycles. The van der Waals surface area contributed by atoms with E-state index in [1.165, 1.54) is 11.3 Å². The quantitative estimate of drug-likeness (QED) is 0.505. The van der Waals surface area contributed by atoms with Gasteiger partial charge in [-0.05, 0) is 36.8 Å². The number of carbonyl (C=O) groups is 1. The van der Waals surface area contributed by atoms with Crippen LogP contribution in [-0.2, 0) is 6.54 Å². The highest BCUT2D eigenvalue weighted by Gasteiger charge is 2.24. The van der Waals surface area contributed by atoms with Gasteiger partial charge in [-0.25, -0.2) is 15.0 Å². The predicted molar refractivity (Wildman–Crippen MR) is 126 cm³/mol. The first-order valence-electron chi connectivity index (χ1n) is 10.5. The van der Waals surface area contributed by atoms with Crippen LogP contribution in [0.3, 0.4) is 0 Å². The minimum absolute atomic E-state index is 0.109. The van der Waals surface area contributed by atoms with E-state index in [9.17, 15) is 4.79 Å². The van der Waals surface area contributed by atoms with Crippen molar-refractivity contribution < 1.29 is 4.79 Å². The van der Waals surface area contributed by atoms with Crippen molar-refractivity contribution in [2.75, 3.05) is 36.0 Å². The standard InChI is InChI=1S/C23H23N7OS/c1-16-19-21(30-12-10-29(11-13-30)18-7-3-5-9-25-18)27-15-28-23(19)32-20(16)22(31)26-14-17-6-2-4-8-24-17/h2-9,15H,10-14H2,1H3,(H,26,31). The van der Waals surface area contributed by atoms with E-state index >= 15 is 0 Å². The lowest BCUT2D eigenvalue weighted by Crippen LogP contribution is -2.47. The van der Waals surface area contributed by atoms with Gasteiger partial charge in [0.2, 0.25) is 0 Å². The van der Waals surface area contributed by atoms with Crippen LogP contribution >= 0.6 is 11.3 Å². The molecule has 1 fully saturated rings. The highest BCUT2D eigenvalue weighted by atomic mass is 32.1. The summed E-state index contributed by atoms with van der Waals surface area (Å²) in [6, 6.07) is 11.6. The van der Waals surface area contributed by atoms with E-state index in [-0.39, 0.29) is 5.91 Å². The molecule has 1 amide bonds. The van der Waals surface area contributed by atoms with E-state index in [2.05, 4.69) is 35.1 Å². The van der Waals surface area contributed by atoms with Gasteiger partial charge in [-0.1, -0.05) is 12.1 Å². The van der Waals surface area contributed by atoms with Gasteiger partial charge in [0.25, 0.3) is 5.91 Å². The number of carbonyl (C=O) groups excluding carboxylic acids is 1. The predicted octanol–water partition coefficient (Wildman–Crippen LogP) is 3.05. The third-order valence-corrected chi connectivity index (χ3v) is 6.82. The van der Waals surface area contributed by atoms with Gasteiger partial charge in [-0.2, -0.15) is 0 Å². The molecule has 0 bridgehead atoms. The number of pyridine rings is 2. The fourth-order valence-corrected chi connectivity index (χ4v) is 5.01. The molecule has 0 saturated carbocycles. The van der Waals surface area contributed by atoms with Gasteiger partial charge < -0.3 is 15.1 Å². The molecule has 162 valence electrons. The molecular formula is C23H23N7OS. The fourth-order valence-electron chi connectivity index (χ4n) is 3.95. The van der Waals surface area contributed by atoms with Crippen LogP contribution in [-0.4, -0.2) is 52.0 Å². The zero-order valence-corrected chi connectivity index (χ0v) is 18.5. The average Bonchev–Trinajstić information content (AvgIpc) is 3.20. The van der Waals surface area contributed by atoms with E-state index in [4.69, 9.17) is 0 Å². The lowest BCUT2D eigenvalue weighted by Gasteiger charge is -2.36. The molecular weight excluding hydrogens is 422 g/mol. The largest absolute Gasteiger partial charge is 0.353 e. The van der Waals surface area contributed by atoms with Crippen LogP contribution in [0.2, 0.25) is 0 Å². The SMILES string of the molecule is Cc1c(C(=O)NCc2ccccn2)sc2ncnc(N3CCN(c4ccccn4)CC3)c12. The number of hydrogen-bond donors (Lipinski definition) is 1. The monoisotopic (exact) mass is 445 g/mol. The second-order valence-electron chi connectivity index (χ2n) is 7.60. The highest BCUT2D eigenvalue weighted by molar-refractivity contribution is 7.20. The van der Waals surface area contributed by atoms with E-state index in [1.807, 2.05) is 49.5 Å². The molecule has 1 saturated heterocycles. The van der Waals surface area contributed by atoms with Crippen molar-refractivity contribution in [3.63, 3.8) is 0 Å². The lowest BCUT2D eigenvalue weighted by atomic mass is 10.1. The highest BCUT2D eigenvalue weighted by Crippen LogP contribution is 2.35. The van der Waals surface area contributed by atoms with Crippen LogP contribution in [0.5, 0.6) is 0 Å². The Kier molecular flexibility index (Phi) is 5.64. The van der Waals surface area contributed by atoms with Crippen molar-refractivity contribution in [3.05, 3.63) is 71.3 Å². The van der Waals surface area contributed by atoms with E-state index in [0.29, 0.717) is 11.4 Å². The number of aryl methyl sites for hydroxylation is 1. The topological polar surface area (TPSA) is 87.1 Å². The van der Waals surface area contributed by atoms with E-state index in [1.54, 1.807) is 12.5 Å². The Hall–Kier alpha value is -3.59. The first kappa shape index (κ1) is 20.3. The Morgan fingerprint density at radius 3 is 2.44 bits per heavy atom. The second-order valence-corrected chi connectivity index (χ2v) is 8.60. The molecule has 32 heavy (non-hydrogen) atoms. The zero-order chi connectivity index (χ0) is 21.9. The number of amides is 1. The minimum Gasteiger partial charge on any atom is -0.353 e. The molecule has 5 rings (SSSR count). The van der Waals surface area contributed by atoms with Gasteiger partial charge in [-0.15, -0.1) is 11.3 Å². The first-order chi connectivity index (χ1) is 15.7. The summed E-state index contributed by atoms with van der Waals surface area (Å²) in [5.74, 6) is 1.79. The van der Waals surface area contributed by atoms with Crippen LogP contribution < -0.4 is 15.1 Å². The van der Waals surface area contributed by atoms with Crippen molar-refractivity contribution in [1.82, 2.24) is 25.3 Å². The van der Waals surface area contributed by atoms with Gasteiger partial charge in [0, 0.05) is 38.6 Å². The number of piperazine rings is 1. The van der Waals surface area contributed by atoms with Crippen molar-refractivity contribution >= 4 is 39.1 Å². The van der Waals surface area contributed by atoms with Crippen molar-refractivity contribution in [3.8, 4) is 0 Å². The summed E-state index contributed by atoms with van der Waals surface area (Å²) in [5.41, 5.74) is 1.75. The summed E-state index contributed by atoms with van der Waals surface area (Å²) < 4.78 is 0. The van der Waals surface area contributed by atoms with Gasteiger partial charge >= 0.3 is 0 Å². The summed E-state index contributed by atoms with van der Waals surface area (Å²) in [6.07, 6.45) is 5.14. The smallest absolute Gasteiger partial charge is 0.262 e. The Morgan fingerprint density at radius 2 is 1.72 bits per heavy atom. The number of nitrogens with one attached hydrogen (secondary N) is 1. The molecule has 1 N–H and O–H groups in total. The van der Waals surface area contributed by atoms with Crippen molar-refractivity contribution in [2.45, 2.75) is 13.5 Å². The normalized spacial score (nSPS) is 14.0. The molecule has 0 aromatic carbocycles. The Bertz CT molecular complexity index is 1220. The molecule has 4 aromatic rings. The number of nitrogens with zero attached hydrogens (tertiary/aromatic N) is 6. The summed E-state index contributed by atoms with van der Waals surface area (Å²) in [4.78, 5) is 36.7. The molecule has 0 spiro atoms. The van der Waals surface area contributed by atoms with Crippen molar-refractivity contribution in [1.29, 1.82) is 0 Å². The summed E-state index contributed by atoms with van der Waals surface area (Å²) in [7, 11) is 0. The van der Waals surface area contributed by atoms with Crippen LogP contribution in [0.15, 0.2) is 55.1 Å². The van der Waals surface area contributed by atoms with Crippen LogP contribution in [0.4, 0.5) is 11.6 Å². The second kappa shape index (κ2) is 8.88. The van der Waals surface area contributed by atoms with Crippen LogP contribution in [0.25, 0.3) is 10.2 Å². The summed E-state index contributed by atoms with van der Waals surface area (Å²) in [5, 5.41) is 3.94. The fraction of sp³-hybridized carbons (Fsp3) is 0.261. The molecule has 0 radical (unpaired) electrons. The third-order valence-electron chi connectivity index (χ3n) is 5.62. The van der Waals surface area contributed by atoms with Crippen molar-refractivity contribution in [2.24, 2.45) is 0 Å². The maximum atomic E-state index is 12.9. The molecule has 9 heteroatoms. The first-order valence-corrected chi connectivity index (χ1v) is 11.4. The molecule has 0 atom stereocenters. The Labute approximate surface area is 190 Å². The molecule has 1 aliphatic heterocycles. The molecule has 8 nitrogen and oxygen atoms in total. The third kappa shape index (κ3) is 3.99. The number of aromatic nitrogens is 4.